The van der Waals surface area contributed by atoms with Gasteiger partial charge in [0, 0.05) is 6.20 Å². The fourth-order valence-corrected chi connectivity index (χ4v) is 1.70. The number of halogens is 1. The molecule has 8 heteroatoms. The number of rotatable bonds is 4. The second-order valence-corrected chi connectivity index (χ2v) is 4.19. The monoisotopic (exact) mass is 304 g/mol. The normalized spacial score (nSPS) is 12.1. The van der Waals surface area contributed by atoms with Gasteiger partial charge in [0.2, 0.25) is 0 Å². The highest BCUT2D eigenvalue weighted by Gasteiger charge is 2.15. The summed E-state index contributed by atoms with van der Waals surface area (Å²) in [7, 11) is 0. The van der Waals surface area contributed by atoms with Gasteiger partial charge in [-0.2, -0.15) is 0 Å². The van der Waals surface area contributed by atoms with Gasteiger partial charge in [0.25, 0.3) is 5.56 Å². The van der Waals surface area contributed by atoms with E-state index in [2.05, 4.69) is 15.9 Å². The van der Waals surface area contributed by atoms with Crippen LogP contribution >= 0.6 is 15.9 Å². The van der Waals surface area contributed by atoms with E-state index in [1.807, 2.05) is 0 Å². The van der Waals surface area contributed by atoms with Gasteiger partial charge in [-0.1, -0.05) is 0 Å². The molecule has 1 N–H and O–H groups in total. The van der Waals surface area contributed by atoms with Crippen LogP contribution in [0.1, 0.15) is 13.0 Å². The Labute approximate surface area is 103 Å². The van der Waals surface area contributed by atoms with Gasteiger partial charge in [0.05, 0.1) is 10.5 Å². The molecule has 0 spiro atoms. The summed E-state index contributed by atoms with van der Waals surface area (Å²) in [6.45, 7) is 0.788. The number of hydrogen-bond donors (Lipinski definition) is 1. The van der Waals surface area contributed by atoms with Crippen LogP contribution in [-0.2, 0) is 16.1 Å². The largest absolute Gasteiger partial charge is 0.480 e. The number of nitrogens with zero attached hydrogens (tertiary/aromatic N) is 2. The number of carboxylic acids is 1. The molecule has 0 aliphatic carbocycles. The Balaban J connectivity index is 3.54. The van der Waals surface area contributed by atoms with Crippen LogP contribution in [0.2, 0.25) is 0 Å². The number of aromatic nitrogens is 2. The molecule has 1 aromatic rings. The summed E-state index contributed by atoms with van der Waals surface area (Å²) in [4.78, 5) is 44.5. The summed E-state index contributed by atoms with van der Waals surface area (Å²) in [6.07, 6.45) is 1.52. The second kappa shape index (κ2) is 5.09. The van der Waals surface area contributed by atoms with Crippen molar-refractivity contribution in [3.63, 3.8) is 0 Å². The molecule has 7 nitrogen and oxygen atoms in total. The zero-order valence-corrected chi connectivity index (χ0v) is 10.4. The Morgan fingerprint density at radius 1 is 1.59 bits per heavy atom. The van der Waals surface area contributed by atoms with Gasteiger partial charge in [-0.25, -0.2) is 9.36 Å². The Bertz CT molecular complexity index is 574. The van der Waals surface area contributed by atoms with E-state index in [1.54, 1.807) is 0 Å². The van der Waals surface area contributed by atoms with Crippen molar-refractivity contribution in [1.82, 2.24) is 9.13 Å². The van der Waals surface area contributed by atoms with Crippen LogP contribution in [-0.4, -0.2) is 26.5 Å². The summed E-state index contributed by atoms with van der Waals surface area (Å²) in [5.74, 6) is -1.22. The first-order valence-electron chi connectivity index (χ1n) is 4.57. The molecule has 1 atom stereocenters. The Morgan fingerprint density at radius 2 is 2.18 bits per heavy atom. The minimum atomic E-state index is -1.22. The molecule has 1 rings (SSSR count). The zero-order chi connectivity index (χ0) is 13.2. The molecule has 1 unspecified atom stereocenters. The fraction of sp³-hybridized carbons (Fsp3) is 0.333. The van der Waals surface area contributed by atoms with Crippen molar-refractivity contribution in [3.05, 3.63) is 31.5 Å². The number of carbonyl (C=O) groups excluding carboxylic acids is 1. The van der Waals surface area contributed by atoms with E-state index in [0.29, 0.717) is 10.9 Å². The first-order valence-corrected chi connectivity index (χ1v) is 5.36. The van der Waals surface area contributed by atoms with Crippen molar-refractivity contribution >= 4 is 28.2 Å². The fourth-order valence-electron chi connectivity index (χ4n) is 1.27. The van der Waals surface area contributed by atoms with E-state index in [9.17, 15) is 19.2 Å². The maximum absolute atomic E-state index is 11.8. The summed E-state index contributed by atoms with van der Waals surface area (Å²) >= 11 is 2.92. The number of carboxylic acid groups (broad SMARTS) is 1. The van der Waals surface area contributed by atoms with Crippen LogP contribution in [0.5, 0.6) is 0 Å². The van der Waals surface area contributed by atoms with E-state index in [-0.39, 0.29) is 4.47 Å². The molecule has 0 amide bonds. The van der Waals surface area contributed by atoms with Gasteiger partial charge in [0.1, 0.15) is 12.8 Å². The molecule has 0 saturated carbocycles. The van der Waals surface area contributed by atoms with Crippen molar-refractivity contribution in [2.45, 2.75) is 19.5 Å². The van der Waals surface area contributed by atoms with Crippen molar-refractivity contribution in [1.29, 1.82) is 0 Å². The summed E-state index contributed by atoms with van der Waals surface area (Å²) < 4.78 is 1.56. The SMILES string of the molecule is CC(C=O)n1c(=O)c(Br)cn(CC(=O)O)c1=O. The second-order valence-electron chi connectivity index (χ2n) is 3.33. The lowest BCUT2D eigenvalue weighted by molar-refractivity contribution is -0.137. The molecular formula is C9H9BrN2O5. The first-order chi connectivity index (χ1) is 7.88. The number of hydrogen-bond acceptors (Lipinski definition) is 4. The van der Waals surface area contributed by atoms with E-state index in [4.69, 9.17) is 5.11 Å². The highest BCUT2D eigenvalue weighted by Crippen LogP contribution is 2.02. The third kappa shape index (κ3) is 2.70. The predicted octanol–water partition coefficient (Wildman–Crippen LogP) is -0.383. The first kappa shape index (κ1) is 13.4. The summed E-state index contributed by atoms with van der Waals surface area (Å²) in [5, 5.41) is 8.61. The molecule has 1 heterocycles. The molecule has 92 valence electrons. The minimum Gasteiger partial charge on any atom is -0.480 e. The molecule has 0 radical (unpaired) electrons. The molecule has 0 saturated heterocycles. The maximum Gasteiger partial charge on any atom is 0.332 e. The van der Waals surface area contributed by atoms with Crippen molar-refractivity contribution in [2.75, 3.05) is 0 Å². The molecule has 0 aliphatic rings. The Kier molecular flexibility index (Phi) is 4.00. The standard InChI is InChI=1S/C9H9BrN2O5/c1-5(4-13)12-8(16)6(10)2-11(9(12)17)3-7(14)15/h2,4-5H,3H2,1H3,(H,14,15). The van der Waals surface area contributed by atoms with Crippen LogP contribution in [0, 0.1) is 0 Å². The molecule has 0 aromatic carbocycles. The van der Waals surface area contributed by atoms with Gasteiger partial charge in [-0.15, -0.1) is 0 Å². The van der Waals surface area contributed by atoms with Crippen molar-refractivity contribution in [3.8, 4) is 0 Å². The van der Waals surface area contributed by atoms with Gasteiger partial charge < -0.3 is 9.90 Å². The van der Waals surface area contributed by atoms with Gasteiger partial charge in [-0.05, 0) is 22.9 Å². The summed E-state index contributed by atoms with van der Waals surface area (Å²) in [6, 6.07) is -0.951. The Morgan fingerprint density at radius 3 is 2.65 bits per heavy atom. The van der Waals surface area contributed by atoms with Gasteiger partial charge in [-0.3, -0.25) is 14.2 Å². The smallest absolute Gasteiger partial charge is 0.332 e. The van der Waals surface area contributed by atoms with Gasteiger partial charge >= 0.3 is 11.7 Å². The molecular weight excluding hydrogens is 296 g/mol. The van der Waals surface area contributed by atoms with E-state index < -0.39 is 29.8 Å². The average Bonchev–Trinajstić information content (AvgIpc) is 2.25. The number of aliphatic carboxylic acids is 1. The third-order valence-corrected chi connectivity index (χ3v) is 2.60. The Hall–Kier alpha value is -1.70. The lowest BCUT2D eigenvalue weighted by Gasteiger charge is -2.11. The zero-order valence-electron chi connectivity index (χ0n) is 8.79. The molecule has 0 fully saturated rings. The lowest BCUT2D eigenvalue weighted by Crippen LogP contribution is -2.42. The maximum atomic E-state index is 11.8. The molecule has 17 heavy (non-hydrogen) atoms. The molecule has 1 aromatic heterocycles. The van der Waals surface area contributed by atoms with E-state index in [0.717, 1.165) is 10.8 Å². The van der Waals surface area contributed by atoms with Crippen molar-refractivity contribution in [2.24, 2.45) is 0 Å². The van der Waals surface area contributed by atoms with Crippen LogP contribution < -0.4 is 11.2 Å². The summed E-state index contributed by atoms with van der Waals surface area (Å²) in [5.41, 5.74) is -1.50. The quantitative estimate of drug-likeness (QED) is 0.764. The minimum absolute atomic E-state index is 0.0204. The third-order valence-electron chi connectivity index (χ3n) is 2.05. The van der Waals surface area contributed by atoms with Crippen LogP contribution in [0.3, 0.4) is 0 Å². The number of aldehydes is 1. The van der Waals surface area contributed by atoms with Crippen LogP contribution in [0.4, 0.5) is 0 Å². The van der Waals surface area contributed by atoms with E-state index >= 15 is 0 Å². The van der Waals surface area contributed by atoms with Crippen LogP contribution in [0.15, 0.2) is 20.3 Å². The topological polar surface area (TPSA) is 98.4 Å². The highest BCUT2D eigenvalue weighted by molar-refractivity contribution is 9.10. The molecule has 0 bridgehead atoms. The van der Waals surface area contributed by atoms with Crippen molar-refractivity contribution < 1.29 is 14.7 Å². The average molecular weight is 305 g/mol. The number of carbonyl (C=O) groups is 2. The highest BCUT2D eigenvalue weighted by atomic mass is 79.9. The lowest BCUT2D eigenvalue weighted by atomic mass is 10.3. The van der Waals surface area contributed by atoms with Gasteiger partial charge in [0.15, 0.2) is 0 Å². The molecule has 0 aliphatic heterocycles. The van der Waals surface area contributed by atoms with E-state index in [1.165, 1.54) is 6.92 Å². The predicted molar refractivity (Wildman–Crippen MR) is 61.1 cm³/mol. The van der Waals surface area contributed by atoms with Crippen LogP contribution in [0.25, 0.3) is 0 Å².